The summed E-state index contributed by atoms with van der Waals surface area (Å²) in [6, 6.07) is 9.74. The molecule has 88 valence electrons. The Morgan fingerprint density at radius 3 is 2.65 bits per heavy atom. The van der Waals surface area contributed by atoms with Crippen molar-refractivity contribution in [3.8, 4) is 22.6 Å². The van der Waals surface area contributed by atoms with Gasteiger partial charge in [-0.2, -0.15) is 0 Å². The third kappa shape index (κ3) is 2.23. The molecule has 0 heterocycles. The average molecular weight is 232 g/mol. The molecule has 2 aromatic rings. The first-order valence-corrected chi connectivity index (χ1v) is 5.25. The maximum atomic E-state index is 13.5. The van der Waals surface area contributed by atoms with Gasteiger partial charge in [-0.05, 0) is 41.8 Å². The summed E-state index contributed by atoms with van der Waals surface area (Å²) in [5.74, 6) is 0.386. The molecule has 3 heteroatoms. The van der Waals surface area contributed by atoms with Crippen molar-refractivity contribution in [2.75, 3.05) is 7.11 Å². The van der Waals surface area contributed by atoms with Crippen molar-refractivity contribution in [3.05, 3.63) is 47.8 Å². The number of halogens is 1. The summed E-state index contributed by atoms with van der Waals surface area (Å²) in [5, 5.41) is 9.57. The molecular formula is C14H13FO2. The largest absolute Gasteiger partial charge is 0.508 e. The van der Waals surface area contributed by atoms with Crippen LogP contribution in [0.2, 0.25) is 0 Å². The van der Waals surface area contributed by atoms with Gasteiger partial charge in [0.2, 0.25) is 0 Å². The Hall–Kier alpha value is -2.03. The highest BCUT2D eigenvalue weighted by Gasteiger charge is 2.08. The van der Waals surface area contributed by atoms with Crippen molar-refractivity contribution in [1.82, 2.24) is 0 Å². The minimum absolute atomic E-state index is 0.100. The molecule has 0 aliphatic rings. The topological polar surface area (TPSA) is 29.5 Å². The molecular weight excluding hydrogens is 219 g/mol. The first kappa shape index (κ1) is 11.5. The van der Waals surface area contributed by atoms with Gasteiger partial charge in [0.15, 0.2) is 0 Å². The lowest BCUT2D eigenvalue weighted by Crippen LogP contribution is -1.89. The van der Waals surface area contributed by atoms with Gasteiger partial charge in [-0.25, -0.2) is 4.39 Å². The van der Waals surface area contributed by atoms with Crippen molar-refractivity contribution in [2.24, 2.45) is 0 Å². The number of aromatic hydroxyl groups is 1. The van der Waals surface area contributed by atoms with Crippen LogP contribution in [0.25, 0.3) is 11.1 Å². The minimum atomic E-state index is -0.259. The standard InChI is InChI=1S/C14H13FO2/c1-9-13(4-3-5-14(9)15)10-6-11(16)8-12(7-10)17-2/h3-8,16H,1-2H3. The van der Waals surface area contributed by atoms with Crippen LogP contribution in [-0.2, 0) is 0 Å². The number of ether oxygens (including phenoxy) is 1. The molecule has 2 rings (SSSR count). The Morgan fingerprint density at radius 2 is 1.94 bits per heavy atom. The normalized spacial score (nSPS) is 10.3. The van der Waals surface area contributed by atoms with Gasteiger partial charge in [0.05, 0.1) is 7.11 Å². The fourth-order valence-electron chi connectivity index (χ4n) is 1.78. The second-order valence-electron chi connectivity index (χ2n) is 3.83. The Labute approximate surface area is 99.3 Å². The van der Waals surface area contributed by atoms with Crippen LogP contribution in [0.3, 0.4) is 0 Å². The quantitative estimate of drug-likeness (QED) is 0.858. The van der Waals surface area contributed by atoms with E-state index in [9.17, 15) is 9.50 Å². The van der Waals surface area contributed by atoms with Crippen LogP contribution in [0, 0.1) is 12.7 Å². The molecule has 0 radical (unpaired) electrons. The Balaban J connectivity index is 2.60. The monoisotopic (exact) mass is 232 g/mol. The summed E-state index contributed by atoms with van der Waals surface area (Å²) in [7, 11) is 1.52. The molecule has 0 atom stereocenters. The number of methoxy groups -OCH3 is 1. The van der Waals surface area contributed by atoms with Crippen LogP contribution in [0.5, 0.6) is 11.5 Å². The van der Waals surface area contributed by atoms with E-state index in [2.05, 4.69) is 0 Å². The van der Waals surface area contributed by atoms with Gasteiger partial charge in [0, 0.05) is 6.07 Å². The highest BCUT2D eigenvalue weighted by atomic mass is 19.1. The molecule has 2 nitrogen and oxygen atoms in total. The van der Waals surface area contributed by atoms with Crippen molar-refractivity contribution in [2.45, 2.75) is 6.92 Å². The zero-order valence-corrected chi connectivity index (χ0v) is 9.70. The second kappa shape index (κ2) is 4.45. The molecule has 1 N–H and O–H groups in total. The van der Waals surface area contributed by atoms with Gasteiger partial charge in [0.1, 0.15) is 17.3 Å². The summed E-state index contributed by atoms with van der Waals surface area (Å²) in [4.78, 5) is 0. The molecule has 0 unspecified atom stereocenters. The summed E-state index contributed by atoms with van der Waals surface area (Å²) in [6.45, 7) is 1.71. The van der Waals surface area contributed by atoms with Gasteiger partial charge >= 0.3 is 0 Å². The van der Waals surface area contributed by atoms with Gasteiger partial charge < -0.3 is 9.84 Å². The van der Waals surface area contributed by atoms with E-state index in [-0.39, 0.29) is 11.6 Å². The average Bonchev–Trinajstić information content (AvgIpc) is 2.31. The molecule has 0 saturated carbocycles. The molecule has 0 amide bonds. The maximum absolute atomic E-state index is 13.5. The number of hydrogen-bond acceptors (Lipinski definition) is 2. The molecule has 2 aromatic carbocycles. The van der Waals surface area contributed by atoms with Crippen LogP contribution in [0.4, 0.5) is 4.39 Å². The van der Waals surface area contributed by atoms with E-state index in [1.165, 1.54) is 19.2 Å². The van der Waals surface area contributed by atoms with E-state index in [0.29, 0.717) is 11.3 Å². The van der Waals surface area contributed by atoms with Gasteiger partial charge in [-0.3, -0.25) is 0 Å². The first-order valence-electron chi connectivity index (χ1n) is 5.25. The van der Waals surface area contributed by atoms with Gasteiger partial charge in [0.25, 0.3) is 0 Å². The summed E-state index contributed by atoms with van der Waals surface area (Å²) in [6.07, 6.45) is 0. The lowest BCUT2D eigenvalue weighted by Gasteiger charge is -2.09. The van der Waals surface area contributed by atoms with E-state index < -0.39 is 0 Å². The molecule has 0 aliphatic carbocycles. The molecule has 0 aliphatic heterocycles. The maximum Gasteiger partial charge on any atom is 0.126 e. The minimum Gasteiger partial charge on any atom is -0.508 e. The van der Waals surface area contributed by atoms with E-state index in [0.717, 1.165) is 11.1 Å². The predicted molar refractivity (Wildman–Crippen MR) is 64.8 cm³/mol. The predicted octanol–water partition coefficient (Wildman–Crippen LogP) is 3.52. The first-order chi connectivity index (χ1) is 8.11. The lowest BCUT2D eigenvalue weighted by atomic mass is 10.00. The van der Waals surface area contributed by atoms with Gasteiger partial charge in [-0.1, -0.05) is 12.1 Å². The molecule has 0 aromatic heterocycles. The SMILES string of the molecule is COc1cc(O)cc(-c2cccc(F)c2C)c1. The Kier molecular flexibility index (Phi) is 3.00. The van der Waals surface area contributed by atoms with Crippen LogP contribution >= 0.6 is 0 Å². The second-order valence-corrected chi connectivity index (χ2v) is 3.83. The van der Waals surface area contributed by atoms with Crippen LogP contribution in [-0.4, -0.2) is 12.2 Å². The molecule has 0 fully saturated rings. The third-order valence-corrected chi connectivity index (χ3v) is 2.71. The number of phenols is 1. The van der Waals surface area contributed by atoms with Gasteiger partial charge in [-0.15, -0.1) is 0 Å². The lowest BCUT2D eigenvalue weighted by molar-refractivity contribution is 0.408. The van der Waals surface area contributed by atoms with E-state index in [4.69, 9.17) is 4.74 Å². The highest BCUT2D eigenvalue weighted by Crippen LogP contribution is 2.31. The number of benzene rings is 2. The molecule has 0 spiro atoms. The van der Waals surface area contributed by atoms with E-state index in [1.807, 2.05) is 6.07 Å². The van der Waals surface area contributed by atoms with Crippen molar-refractivity contribution in [1.29, 1.82) is 0 Å². The molecule has 0 bridgehead atoms. The molecule has 0 saturated heterocycles. The van der Waals surface area contributed by atoms with Crippen molar-refractivity contribution >= 4 is 0 Å². The zero-order valence-electron chi connectivity index (χ0n) is 9.70. The Morgan fingerprint density at radius 1 is 1.18 bits per heavy atom. The zero-order chi connectivity index (χ0) is 12.4. The summed E-state index contributed by atoms with van der Waals surface area (Å²) < 4.78 is 18.5. The smallest absolute Gasteiger partial charge is 0.126 e. The fraction of sp³-hybridized carbons (Fsp3) is 0.143. The Bertz CT molecular complexity index is 550. The summed E-state index contributed by atoms with van der Waals surface area (Å²) in [5.41, 5.74) is 2.04. The highest BCUT2D eigenvalue weighted by molar-refractivity contribution is 5.70. The van der Waals surface area contributed by atoms with Crippen LogP contribution in [0.1, 0.15) is 5.56 Å². The van der Waals surface area contributed by atoms with E-state index in [1.54, 1.807) is 25.1 Å². The number of phenolic OH excluding ortho intramolecular Hbond substituents is 1. The third-order valence-electron chi connectivity index (χ3n) is 2.71. The molecule has 17 heavy (non-hydrogen) atoms. The van der Waals surface area contributed by atoms with Crippen LogP contribution in [0.15, 0.2) is 36.4 Å². The fourth-order valence-corrected chi connectivity index (χ4v) is 1.78. The van der Waals surface area contributed by atoms with Crippen molar-refractivity contribution < 1.29 is 14.2 Å². The van der Waals surface area contributed by atoms with E-state index >= 15 is 0 Å². The number of rotatable bonds is 2. The van der Waals surface area contributed by atoms with Crippen molar-refractivity contribution in [3.63, 3.8) is 0 Å². The van der Waals surface area contributed by atoms with Crippen LogP contribution < -0.4 is 4.74 Å². The number of hydrogen-bond donors (Lipinski definition) is 1. The summed E-state index contributed by atoms with van der Waals surface area (Å²) >= 11 is 0.